The Morgan fingerprint density at radius 3 is 2.12 bits per heavy atom. The molecule has 0 saturated heterocycles. The summed E-state index contributed by atoms with van der Waals surface area (Å²) in [6, 6.07) is 28.0. The molecular weight excluding hydrogens is 454 g/mol. The highest BCUT2D eigenvalue weighted by molar-refractivity contribution is 7.98. The highest BCUT2D eigenvalue weighted by Gasteiger charge is 2.17. The van der Waals surface area contributed by atoms with E-state index in [9.17, 15) is 0 Å². The normalized spacial score (nSPS) is 11.1. The summed E-state index contributed by atoms with van der Waals surface area (Å²) in [5.41, 5.74) is 3.26. The summed E-state index contributed by atoms with van der Waals surface area (Å²) in [4.78, 5) is 0. The topological polar surface area (TPSA) is 69.6 Å². The molecular formula is C25H20ClN5OS. The van der Waals surface area contributed by atoms with E-state index in [0.29, 0.717) is 35.5 Å². The number of nitrogens with zero attached hydrogens (tertiary/aromatic N) is 5. The van der Waals surface area contributed by atoms with E-state index >= 15 is 0 Å². The summed E-state index contributed by atoms with van der Waals surface area (Å²) >= 11 is 7.60. The summed E-state index contributed by atoms with van der Waals surface area (Å²) in [6.07, 6.45) is 0.614. The van der Waals surface area contributed by atoms with Gasteiger partial charge in [0.05, 0.1) is 18.7 Å². The molecule has 0 fully saturated rings. The van der Waals surface area contributed by atoms with E-state index in [0.717, 1.165) is 27.7 Å². The van der Waals surface area contributed by atoms with Gasteiger partial charge in [0.15, 0.2) is 11.0 Å². The minimum atomic E-state index is 0.509. The first kappa shape index (κ1) is 21.4. The molecule has 0 aliphatic carbocycles. The first-order valence-corrected chi connectivity index (χ1v) is 11.8. The lowest BCUT2D eigenvalue weighted by atomic mass is 10.2. The van der Waals surface area contributed by atoms with Crippen LogP contribution in [0.1, 0.15) is 22.9 Å². The van der Waals surface area contributed by atoms with Crippen molar-refractivity contribution in [1.82, 2.24) is 25.0 Å². The number of benzene rings is 3. The molecule has 3 aromatic carbocycles. The molecule has 0 atom stereocenters. The van der Waals surface area contributed by atoms with Crippen LogP contribution in [0.4, 0.5) is 0 Å². The zero-order valence-electron chi connectivity index (χ0n) is 17.6. The van der Waals surface area contributed by atoms with Crippen LogP contribution in [0, 0.1) is 0 Å². The molecule has 5 rings (SSSR count). The van der Waals surface area contributed by atoms with E-state index in [2.05, 4.69) is 37.1 Å². The van der Waals surface area contributed by atoms with Gasteiger partial charge in [-0.1, -0.05) is 84.0 Å². The fourth-order valence-electron chi connectivity index (χ4n) is 3.43. The van der Waals surface area contributed by atoms with Crippen LogP contribution in [0.25, 0.3) is 11.4 Å². The van der Waals surface area contributed by atoms with Crippen molar-refractivity contribution in [2.75, 3.05) is 0 Å². The van der Waals surface area contributed by atoms with E-state index in [-0.39, 0.29) is 0 Å². The predicted octanol–water partition coefficient (Wildman–Crippen LogP) is 5.91. The maximum absolute atomic E-state index is 6.07. The number of halogens is 1. The summed E-state index contributed by atoms with van der Waals surface area (Å²) in [5, 5.41) is 18.8. The van der Waals surface area contributed by atoms with Gasteiger partial charge in [-0.2, -0.15) is 0 Å². The molecule has 0 N–H and O–H groups in total. The molecule has 2 aromatic heterocycles. The van der Waals surface area contributed by atoms with Crippen LogP contribution in [0.3, 0.4) is 0 Å². The molecule has 0 amide bonds. The third-order valence-corrected chi connectivity index (χ3v) is 6.24. The molecule has 8 heteroatoms. The number of aromatic nitrogens is 5. The standard InChI is InChI=1S/C25H20ClN5OS/c26-21-13-11-20(12-14-21)24-29-30-25(31(24)16-19-9-5-2-6-10-19)33-17-23-28-27-22(32-23)15-18-7-3-1-4-8-18/h1-14H,15-17H2. The Morgan fingerprint density at radius 1 is 0.727 bits per heavy atom. The molecule has 0 unspecified atom stereocenters. The first-order chi connectivity index (χ1) is 16.2. The van der Waals surface area contributed by atoms with Crippen molar-refractivity contribution in [3.8, 4) is 11.4 Å². The fraction of sp³-hybridized carbons (Fsp3) is 0.120. The van der Waals surface area contributed by atoms with Crippen molar-refractivity contribution in [2.24, 2.45) is 0 Å². The Morgan fingerprint density at radius 2 is 1.39 bits per heavy atom. The molecule has 6 nitrogen and oxygen atoms in total. The Hall–Kier alpha value is -3.42. The molecule has 2 heterocycles. The molecule has 0 aliphatic rings. The monoisotopic (exact) mass is 473 g/mol. The van der Waals surface area contributed by atoms with Crippen molar-refractivity contribution in [2.45, 2.75) is 23.9 Å². The van der Waals surface area contributed by atoms with Crippen LogP contribution in [0.15, 0.2) is 94.5 Å². The zero-order valence-corrected chi connectivity index (χ0v) is 19.2. The SMILES string of the molecule is Clc1ccc(-c2nnc(SCc3nnc(Cc4ccccc4)o3)n2Cc2ccccc2)cc1. The van der Waals surface area contributed by atoms with Gasteiger partial charge in [0.1, 0.15) is 0 Å². The van der Waals surface area contributed by atoms with E-state index < -0.39 is 0 Å². The number of hydrogen-bond acceptors (Lipinski definition) is 6. The Labute approximate surface area is 200 Å². The van der Waals surface area contributed by atoms with Crippen LogP contribution >= 0.6 is 23.4 Å². The van der Waals surface area contributed by atoms with Crippen molar-refractivity contribution >= 4 is 23.4 Å². The maximum Gasteiger partial charge on any atom is 0.226 e. The second-order valence-electron chi connectivity index (χ2n) is 7.43. The average Bonchev–Trinajstić information content (AvgIpc) is 3.46. The second-order valence-corrected chi connectivity index (χ2v) is 8.80. The lowest BCUT2D eigenvalue weighted by Crippen LogP contribution is -2.04. The van der Waals surface area contributed by atoms with Crippen LogP contribution in [-0.4, -0.2) is 25.0 Å². The van der Waals surface area contributed by atoms with Crippen LogP contribution < -0.4 is 0 Å². The minimum Gasteiger partial charge on any atom is -0.424 e. The van der Waals surface area contributed by atoms with Gasteiger partial charge in [0.25, 0.3) is 0 Å². The quantitative estimate of drug-likeness (QED) is 0.261. The van der Waals surface area contributed by atoms with Crippen molar-refractivity contribution in [1.29, 1.82) is 0 Å². The zero-order chi connectivity index (χ0) is 22.5. The highest BCUT2D eigenvalue weighted by Crippen LogP contribution is 2.28. The molecule has 33 heavy (non-hydrogen) atoms. The summed E-state index contributed by atoms with van der Waals surface area (Å²) in [7, 11) is 0. The number of hydrogen-bond donors (Lipinski definition) is 0. The van der Waals surface area contributed by atoms with Crippen molar-refractivity contribution < 1.29 is 4.42 Å². The van der Waals surface area contributed by atoms with Gasteiger partial charge in [0.2, 0.25) is 11.8 Å². The van der Waals surface area contributed by atoms with E-state index in [4.69, 9.17) is 16.0 Å². The van der Waals surface area contributed by atoms with Gasteiger partial charge in [-0.25, -0.2) is 0 Å². The molecule has 0 spiro atoms. The minimum absolute atomic E-state index is 0.509. The summed E-state index contributed by atoms with van der Waals surface area (Å²) in [5.74, 6) is 2.46. The second kappa shape index (κ2) is 10.0. The van der Waals surface area contributed by atoms with Crippen molar-refractivity contribution in [3.05, 3.63) is 113 Å². The van der Waals surface area contributed by atoms with Gasteiger partial charge in [-0.3, -0.25) is 4.57 Å². The lowest BCUT2D eigenvalue weighted by Gasteiger charge is -2.10. The average molecular weight is 474 g/mol. The van der Waals surface area contributed by atoms with E-state index in [1.807, 2.05) is 72.8 Å². The molecule has 5 aromatic rings. The van der Waals surface area contributed by atoms with Crippen molar-refractivity contribution in [3.63, 3.8) is 0 Å². The smallest absolute Gasteiger partial charge is 0.226 e. The number of rotatable bonds is 8. The largest absolute Gasteiger partial charge is 0.424 e. The molecule has 0 saturated carbocycles. The molecule has 0 aliphatic heterocycles. The van der Waals surface area contributed by atoms with Gasteiger partial charge in [-0.15, -0.1) is 20.4 Å². The van der Waals surface area contributed by atoms with Gasteiger partial charge < -0.3 is 4.42 Å². The highest BCUT2D eigenvalue weighted by atomic mass is 35.5. The van der Waals surface area contributed by atoms with Gasteiger partial charge in [0, 0.05) is 10.6 Å². The van der Waals surface area contributed by atoms with Crippen LogP contribution in [-0.2, 0) is 18.7 Å². The van der Waals surface area contributed by atoms with Gasteiger partial charge >= 0.3 is 0 Å². The van der Waals surface area contributed by atoms with Crippen LogP contribution in [0.5, 0.6) is 0 Å². The van der Waals surface area contributed by atoms with E-state index in [1.165, 1.54) is 11.8 Å². The third kappa shape index (κ3) is 5.32. The fourth-order valence-corrected chi connectivity index (χ4v) is 4.33. The number of thioether (sulfide) groups is 1. The Balaban J connectivity index is 1.36. The maximum atomic E-state index is 6.07. The first-order valence-electron chi connectivity index (χ1n) is 10.5. The van der Waals surface area contributed by atoms with E-state index in [1.54, 1.807) is 0 Å². The summed E-state index contributed by atoms with van der Waals surface area (Å²) in [6.45, 7) is 0.650. The Kier molecular flexibility index (Phi) is 6.51. The molecule has 0 bridgehead atoms. The van der Waals surface area contributed by atoms with Crippen LogP contribution in [0.2, 0.25) is 5.02 Å². The summed E-state index contributed by atoms with van der Waals surface area (Å²) < 4.78 is 7.96. The predicted molar refractivity (Wildman–Crippen MR) is 129 cm³/mol. The van der Waals surface area contributed by atoms with Gasteiger partial charge in [-0.05, 0) is 35.4 Å². The third-order valence-electron chi connectivity index (χ3n) is 5.03. The molecule has 164 valence electrons. The lowest BCUT2D eigenvalue weighted by molar-refractivity contribution is 0.474. The Bertz CT molecular complexity index is 1320. The molecule has 0 radical (unpaired) electrons.